The van der Waals surface area contributed by atoms with E-state index in [9.17, 15) is 0 Å². The number of halogens is 2. The highest BCUT2D eigenvalue weighted by atomic mass is 35.5. The topological polar surface area (TPSA) is 37.9 Å². The first-order valence-electron chi connectivity index (χ1n) is 5.86. The summed E-state index contributed by atoms with van der Waals surface area (Å²) >= 11 is 12.1. The molecule has 2 aromatic rings. The number of H-pyrrole nitrogens is 1. The molecule has 0 aliphatic rings. The Morgan fingerprint density at radius 1 is 1.42 bits per heavy atom. The van der Waals surface area contributed by atoms with Gasteiger partial charge in [-0.1, -0.05) is 35.3 Å². The van der Waals surface area contributed by atoms with Crippen LogP contribution in [0.4, 0.5) is 0 Å². The number of nitrogens with zero attached hydrogens (tertiary/aromatic N) is 1. The van der Waals surface area contributed by atoms with Crippen LogP contribution in [0.15, 0.2) is 43.2 Å². The first-order chi connectivity index (χ1) is 9.20. The molecule has 0 saturated carbocycles. The molecule has 0 aliphatic heterocycles. The highest BCUT2D eigenvalue weighted by Gasteiger charge is 2.16. The van der Waals surface area contributed by atoms with E-state index >= 15 is 0 Å². The van der Waals surface area contributed by atoms with Crippen molar-refractivity contribution in [1.82, 2.24) is 9.97 Å². The average Bonchev–Trinajstić information content (AvgIpc) is 2.90. The Labute approximate surface area is 122 Å². The molecule has 19 heavy (non-hydrogen) atoms. The maximum absolute atomic E-state index is 6.18. The van der Waals surface area contributed by atoms with Crippen LogP contribution in [0.5, 0.6) is 0 Å². The van der Waals surface area contributed by atoms with Gasteiger partial charge in [0.05, 0.1) is 6.61 Å². The molecule has 3 nitrogen and oxygen atoms in total. The van der Waals surface area contributed by atoms with Gasteiger partial charge in [0.25, 0.3) is 0 Å². The quantitative estimate of drug-likeness (QED) is 0.811. The van der Waals surface area contributed by atoms with Crippen LogP contribution in [-0.4, -0.2) is 16.6 Å². The van der Waals surface area contributed by atoms with Crippen molar-refractivity contribution in [3.63, 3.8) is 0 Å². The van der Waals surface area contributed by atoms with Gasteiger partial charge in [-0.3, -0.25) is 0 Å². The number of aromatic nitrogens is 2. The van der Waals surface area contributed by atoms with Gasteiger partial charge in [-0.2, -0.15) is 0 Å². The lowest BCUT2D eigenvalue weighted by atomic mass is 10.1. The minimum atomic E-state index is -0.188. The van der Waals surface area contributed by atoms with Crippen molar-refractivity contribution in [1.29, 1.82) is 0 Å². The van der Waals surface area contributed by atoms with Crippen molar-refractivity contribution >= 4 is 23.2 Å². The lowest BCUT2D eigenvalue weighted by molar-refractivity contribution is 0.0685. The number of benzene rings is 1. The van der Waals surface area contributed by atoms with Gasteiger partial charge < -0.3 is 9.72 Å². The summed E-state index contributed by atoms with van der Waals surface area (Å²) in [6, 6.07) is 5.44. The summed E-state index contributed by atoms with van der Waals surface area (Å²) in [6.07, 6.45) is 5.61. The predicted octanol–water partition coefficient (Wildman–Crippen LogP) is 4.20. The Morgan fingerprint density at radius 2 is 2.26 bits per heavy atom. The summed E-state index contributed by atoms with van der Waals surface area (Å²) in [6.45, 7) is 4.11. The maximum Gasteiger partial charge on any atom is 0.135 e. The van der Waals surface area contributed by atoms with Crippen LogP contribution in [0.3, 0.4) is 0 Å². The molecule has 1 atom stereocenters. The fourth-order valence-electron chi connectivity index (χ4n) is 1.76. The van der Waals surface area contributed by atoms with Crippen molar-refractivity contribution in [2.24, 2.45) is 0 Å². The second-order valence-corrected chi connectivity index (χ2v) is 4.87. The molecular weight excluding hydrogens is 283 g/mol. The zero-order chi connectivity index (χ0) is 13.7. The van der Waals surface area contributed by atoms with Gasteiger partial charge in [0.2, 0.25) is 0 Å². The molecule has 0 aliphatic carbocycles. The van der Waals surface area contributed by atoms with E-state index in [1.807, 2.05) is 12.1 Å². The molecule has 0 spiro atoms. The fourth-order valence-corrected chi connectivity index (χ4v) is 2.24. The second kappa shape index (κ2) is 6.75. The van der Waals surface area contributed by atoms with E-state index in [4.69, 9.17) is 27.9 Å². The van der Waals surface area contributed by atoms with Gasteiger partial charge in [-0.05, 0) is 17.7 Å². The Hall–Kier alpha value is -1.29. The minimum Gasteiger partial charge on any atom is -0.366 e. The standard InChI is InChI=1S/C14H14Cl2N2O/c1-2-7-19-13(14-17-5-6-18-14)8-10-3-4-11(15)9-12(10)16/h2-6,9,13H,1,7-8H2,(H,17,18). The molecule has 1 aromatic heterocycles. The first-order valence-corrected chi connectivity index (χ1v) is 6.62. The number of imidazole rings is 1. The van der Waals surface area contributed by atoms with E-state index < -0.39 is 0 Å². The molecule has 0 radical (unpaired) electrons. The Balaban J connectivity index is 2.17. The summed E-state index contributed by atoms with van der Waals surface area (Å²) in [5, 5.41) is 1.25. The van der Waals surface area contributed by atoms with Crippen LogP contribution in [-0.2, 0) is 11.2 Å². The van der Waals surface area contributed by atoms with E-state index in [2.05, 4.69) is 16.5 Å². The molecule has 0 fully saturated rings. The molecule has 1 aromatic carbocycles. The third-order valence-corrected chi connectivity index (χ3v) is 3.25. The number of rotatable bonds is 6. The maximum atomic E-state index is 6.18. The normalized spacial score (nSPS) is 12.3. The highest BCUT2D eigenvalue weighted by molar-refractivity contribution is 6.35. The average molecular weight is 297 g/mol. The molecular formula is C14H14Cl2N2O. The van der Waals surface area contributed by atoms with Gasteiger partial charge in [0.1, 0.15) is 11.9 Å². The third-order valence-electron chi connectivity index (χ3n) is 2.66. The van der Waals surface area contributed by atoms with Crippen molar-refractivity contribution in [3.8, 4) is 0 Å². The van der Waals surface area contributed by atoms with Crippen molar-refractivity contribution in [2.45, 2.75) is 12.5 Å². The molecule has 0 amide bonds. The van der Waals surface area contributed by atoms with Gasteiger partial charge in [0.15, 0.2) is 0 Å². The van der Waals surface area contributed by atoms with Crippen LogP contribution in [0.2, 0.25) is 10.0 Å². The Morgan fingerprint density at radius 3 is 2.89 bits per heavy atom. The number of ether oxygens (including phenoxy) is 1. The van der Waals surface area contributed by atoms with E-state index in [0.717, 1.165) is 11.4 Å². The zero-order valence-electron chi connectivity index (χ0n) is 10.3. The lowest BCUT2D eigenvalue weighted by Gasteiger charge is -2.16. The van der Waals surface area contributed by atoms with Gasteiger partial charge in [0, 0.05) is 28.9 Å². The number of nitrogens with one attached hydrogen (secondary N) is 1. The number of hydrogen-bond acceptors (Lipinski definition) is 2. The molecule has 0 saturated heterocycles. The monoisotopic (exact) mass is 296 g/mol. The summed E-state index contributed by atoms with van der Waals surface area (Å²) in [4.78, 5) is 7.29. The molecule has 1 heterocycles. The van der Waals surface area contributed by atoms with Crippen LogP contribution in [0.25, 0.3) is 0 Å². The fraction of sp³-hybridized carbons (Fsp3) is 0.214. The van der Waals surface area contributed by atoms with Crippen LogP contribution < -0.4 is 0 Å². The molecule has 1 unspecified atom stereocenters. The molecule has 2 rings (SSSR count). The number of aromatic amines is 1. The third kappa shape index (κ3) is 3.83. The van der Waals surface area contributed by atoms with E-state index in [1.54, 1.807) is 24.5 Å². The Bertz CT molecular complexity index is 540. The SMILES string of the molecule is C=CCOC(Cc1ccc(Cl)cc1Cl)c1ncc[nH]1. The molecule has 0 bridgehead atoms. The van der Waals surface area contributed by atoms with Crippen molar-refractivity contribution in [2.75, 3.05) is 6.61 Å². The van der Waals surface area contributed by atoms with E-state index in [1.165, 1.54) is 0 Å². The van der Waals surface area contributed by atoms with Crippen LogP contribution in [0, 0.1) is 0 Å². The van der Waals surface area contributed by atoms with E-state index in [-0.39, 0.29) is 6.10 Å². The van der Waals surface area contributed by atoms with Crippen molar-refractivity contribution < 1.29 is 4.74 Å². The largest absolute Gasteiger partial charge is 0.366 e. The second-order valence-electron chi connectivity index (χ2n) is 4.02. The van der Waals surface area contributed by atoms with Gasteiger partial charge in [-0.25, -0.2) is 4.98 Å². The zero-order valence-corrected chi connectivity index (χ0v) is 11.8. The Kier molecular flexibility index (Phi) is 5.02. The highest BCUT2D eigenvalue weighted by Crippen LogP contribution is 2.26. The van der Waals surface area contributed by atoms with Crippen LogP contribution >= 0.6 is 23.2 Å². The smallest absolute Gasteiger partial charge is 0.135 e. The van der Waals surface area contributed by atoms with Crippen LogP contribution in [0.1, 0.15) is 17.5 Å². The van der Waals surface area contributed by atoms with Gasteiger partial charge in [-0.15, -0.1) is 6.58 Å². The predicted molar refractivity (Wildman–Crippen MR) is 77.6 cm³/mol. The lowest BCUT2D eigenvalue weighted by Crippen LogP contribution is -2.10. The molecule has 1 N–H and O–H groups in total. The summed E-state index contributed by atoms with van der Waals surface area (Å²) in [7, 11) is 0. The summed E-state index contributed by atoms with van der Waals surface area (Å²) in [5.41, 5.74) is 0.969. The van der Waals surface area contributed by atoms with Gasteiger partial charge >= 0.3 is 0 Å². The summed E-state index contributed by atoms with van der Waals surface area (Å²) < 4.78 is 5.72. The van der Waals surface area contributed by atoms with Crippen molar-refractivity contribution in [3.05, 3.63) is 64.7 Å². The minimum absolute atomic E-state index is 0.188. The number of hydrogen-bond donors (Lipinski definition) is 1. The van der Waals surface area contributed by atoms with E-state index in [0.29, 0.717) is 23.1 Å². The molecule has 100 valence electrons. The summed E-state index contributed by atoms with van der Waals surface area (Å²) in [5.74, 6) is 0.771. The first kappa shape index (κ1) is 14.1. The molecule has 5 heteroatoms.